The summed E-state index contributed by atoms with van der Waals surface area (Å²) in [7, 11) is 0. The minimum absolute atomic E-state index is 0.204. The number of anilines is 3. The van der Waals surface area contributed by atoms with Gasteiger partial charge in [0.15, 0.2) is 0 Å². The molecular weight excluding hydrogens is 540 g/mol. The van der Waals surface area contributed by atoms with E-state index in [9.17, 15) is 9.59 Å². The van der Waals surface area contributed by atoms with Gasteiger partial charge < -0.3 is 4.90 Å². The molecule has 5 aromatic carbocycles. The molecule has 0 radical (unpaired) electrons. The monoisotopic (exact) mass is 576 g/mol. The van der Waals surface area contributed by atoms with Crippen LogP contribution in [0.1, 0.15) is 71.4 Å². The van der Waals surface area contributed by atoms with E-state index in [1.54, 1.807) is 0 Å². The van der Waals surface area contributed by atoms with E-state index in [-0.39, 0.29) is 11.8 Å². The van der Waals surface area contributed by atoms with Crippen LogP contribution >= 0.6 is 0 Å². The van der Waals surface area contributed by atoms with E-state index >= 15 is 0 Å². The van der Waals surface area contributed by atoms with Gasteiger partial charge in [0.2, 0.25) is 0 Å². The molecular formula is C40H36N2O2. The van der Waals surface area contributed by atoms with Gasteiger partial charge in [-0.2, -0.15) is 0 Å². The van der Waals surface area contributed by atoms with E-state index in [4.69, 9.17) is 0 Å². The molecule has 1 heterocycles. The van der Waals surface area contributed by atoms with Crippen molar-refractivity contribution >= 4 is 39.6 Å². The Morgan fingerprint density at radius 2 is 1.27 bits per heavy atom. The normalized spacial score (nSPS) is 13.0. The maximum Gasteiger partial charge on any atom is 0.261 e. The Morgan fingerprint density at radius 1 is 0.659 bits per heavy atom. The second kappa shape index (κ2) is 13.0. The quantitative estimate of drug-likeness (QED) is 0.130. The van der Waals surface area contributed by atoms with E-state index in [0.717, 1.165) is 59.3 Å². The molecule has 0 saturated heterocycles. The van der Waals surface area contributed by atoms with Gasteiger partial charge in [0.1, 0.15) is 0 Å². The molecule has 0 fully saturated rings. The van der Waals surface area contributed by atoms with Crippen LogP contribution in [0.2, 0.25) is 0 Å². The number of benzene rings is 5. The molecule has 1 atom stereocenters. The third-order valence-corrected chi connectivity index (χ3v) is 8.47. The van der Waals surface area contributed by atoms with E-state index in [1.807, 2.05) is 78.9 Å². The summed E-state index contributed by atoms with van der Waals surface area (Å²) in [4.78, 5) is 30.8. The molecule has 5 aromatic rings. The zero-order valence-electron chi connectivity index (χ0n) is 25.3. The van der Waals surface area contributed by atoms with Crippen molar-refractivity contribution in [2.24, 2.45) is 5.92 Å². The fourth-order valence-corrected chi connectivity index (χ4v) is 6.03. The smallest absolute Gasteiger partial charge is 0.261 e. The van der Waals surface area contributed by atoms with Crippen molar-refractivity contribution in [2.75, 3.05) is 11.4 Å². The lowest BCUT2D eigenvalue weighted by molar-refractivity contribution is 0.0580. The topological polar surface area (TPSA) is 40.6 Å². The summed E-state index contributed by atoms with van der Waals surface area (Å²) in [6.45, 7) is 4.77. The van der Waals surface area contributed by atoms with Gasteiger partial charge in [-0.15, -0.1) is 0 Å². The summed E-state index contributed by atoms with van der Waals surface area (Å²) in [5.74, 6) is 6.54. The van der Waals surface area contributed by atoms with Gasteiger partial charge in [0.25, 0.3) is 11.8 Å². The van der Waals surface area contributed by atoms with Crippen molar-refractivity contribution in [3.63, 3.8) is 0 Å². The van der Waals surface area contributed by atoms with Crippen LogP contribution in [0.25, 0.3) is 10.8 Å². The molecule has 1 aliphatic heterocycles. The Hall–Kier alpha value is -5.14. The van der Waals surface area contributed by atoms with E-state index in [2.05, 4.69) is 67.0 Å². The highest BCUT2D eigenvalue weighted by molar-refractivity contribution is 6.26. The summed E-state index contributed by atoms with van der Waals surface area (Å²) in [6.07, 6.45) is 4.17. The number of amides is 2. The maximum atomic E-state index is 13.6. The Labute approximate surface area is 259 Å². The zero-order chi connectivity index (χ0) is 30.5. The fourth-order valence-electron chi connectivity index (χ4n) is 6.03. The van der Waals surface area contributed by atoms with Crippen molar-refractivity contribution < 1.29 is 9.59 Å². The summed E-state index contributed by atoms with van der Waals surface area (Å²) in [6, 6.07) is 38.3. The van der Waals surface area contributed by atoms with Gasteiger partial charge >= 0.3 is 0 Å². The predicted molar refractivity (Wildman–Crippen MR) is 180 cm³/mol. The number of hydrogen-bond donors (Lipinski definition) is 0. The van der Waals surface area contributed by atoms with E-state index < -0.39 is 0 Å². The summed E-state index contributed by atoms with van der Waals surface area (Å²) in [5.41, 5.74) is 6.04. The van der Waals surface area contributed by atoms with Crippen molar-refractivity contribution in [1.82, 2.24) is 4.90 Å². The second-order valence-electron chi connectivity index (χ2n) is 11.3. The van der Waals surface area contributed by atoms with Crippen LogP contribution in [0.15, 0.2) is 115 Å². The number of para-hydroxylation sites is 2. The largest absolute Gasteiger partial charge is 0.311 e. The predicted octanol–water partition coefficient (Wildman–Crippen LogP) is 9.52. The van der Waals surface area contributed by atoms with Gasteiger partial charge in [0, 0.05) is 51.2 Å². The molecule has 0 aliphatic carbocycles. The van der Waals surface area contributed by atoms with Gasteiger partial charge in [-0.25, -0.2) is 0 Å². The number of unbranched alkanes of at least 4 members (excludes halogenated alkanes) is 1. The first-order valence-electron chi connectivity index (χ1n) is 15.5. The number of rotatable bonds is 9. The fraction of sp³-hybridized carbons (Fsp3) is 0.200. The molecule has 1 aliphatic rings. The lowest BCUT2D eigenvalue weighted by Crippen LogP contribution is -2.43. The van der Waals surface area contributed by atoms with Gasteiger partial charge in [0.05, 0.1) is 0 Å². The van der Waals surface area contributed by atoms with Gasteiger partial charge in [-0.1, -0.05) is 93.5 Å². The molecule has 4 heteroatoms. The van der Waals surface area contributed by atoms with E-state index in [0.29, 0.717) is 29.0 Å². The standard InChI is InChI=1S/C40H36N2O2/c1-3-5-13-29(4-2)28-41-39(43)36-19-12-18-35-31(24-27-37(38(35)36)40(41)44)23-20-30-21-25-34(26-22-30)42(32-14-8-6-9-15-32)33-16-10-7-11-17-33/h6-12,14-19,21-22,24-27,29H,3-5,13,28H2,1-2H3. The zero-order valence-corrected chi connectivity index (χ0v) is 25.3. The average molecular weight is 577 g/mol. The van der Waals surface area contributed by atoms with Crippen molar-refractivity contribution in [3.8, 4) is 11.8 Å². The first kappa shape index (κ1) is 29.0. The third-order valence-electron chi connectivity index (χ3n) is 8.47. The highest BCUT2D eigenvalue weighted by Crippen LogP contribution is 2.35. The van der Waals surface area contributed by atoms with Crippen molar-refractivity contribution in [1.29, 1.82) is 0 Å². The first-order valence-corrected chi connectivity index (χ1v) is 15.5. The molecule has 6 rings (SSSR count). The molecule has 0 N–H and O–H groups in total. The Balaban J connectivity index is 1.29. The molecule has 4 nitrogen and oxygen atoms in total. The lowest BCUT2D eigenvalue weighted by Gasteiger charge is -2.30. The number of hydrogen-bond acceptors (Lipinski definition) is 3. The third kappa shape index (κ3) is 5.74. The Bertz CT molecular complexity index is 1790. The van der Waals surface area contributed by atoms with Crippen molar-refractivity contribution in [2.45, 2.75) is 39.5 Å². The second-order valence-corrected chi connectivity index (χ2v) is 11.3. The maximum absolute atomic E-state index is 13.6. The number of carbonyl (C=O) groups is 2. The number of carbonyl (C=O) groups excluding carboxylic acids is 2. The summed E-state index contributed by atoms with van der Waals surface area (Å²) < 4.78 is 0. The number of imide groups is 1. The van der Waals surface area contributed by atoms with E-state index in [1.165, 1.54) is 4.90 Å². The van der Waals surface area contributed by atoms with Crippen LogP contribution in [0, 0.1) is 17.8 Å². The minimum Gasteiger partial charge on any atom is -0.311 e. The van der Waals surface area contributed by atoms with Crippen LogP contribution < -0.4 is 4.90 Å². The van der Waals surface area contributed by atoms with Crippen LogP contribution in [0.5, 0.6) is 0 Å². The van der Waals surface area contributed by atoms with Gasteiger partial charge in [-0.3, -0.25) is 14.5 Å². The van der Waals surface area contributed by atoms with Crippen LogP contribution in [-0.2, 0) is 0 Å². The first-order chi connectivity index (χ1) is 21.6. The molecule has 218 valence electrons. The number of nitrogens with zero attached hydrogens (tertiary/aromatic N) is 2. The Morgan fingerprint density at radius 3 is 1.89 bits per heavy atom. The highest BCUT2D eigenvalue weighted by Gasteiger charge is 2.34. The SMILES string of the molecule is CCCCC(CC)CN1C(=O)c2cccc3c(C#Cc4ccc(N(c5ccccc5)c5ccccc5)cc4)ccc(c23)C1=O. The molecule has 44 heavy (non-hydrogen) atoms. The molecule has 0 bridgehead atoms. The average Bonchev–Trinajstić information content (AvgIpc) is 3.07. The van der Waals surface area contributed by atoms with Crippen LogP contribution in [0.4, 0.5) is 17.1 Å². The minimum atomic E-state index is -0.204. The molecule has 2 amide bonds. The Kier molecular flexibility index (Phi) is 8.57. The van der Waals surface area contributed by atoms with Crippen molar-refractivity contribution in [3.05, 3.63) is 138 Å². The molecule has 0 spiro atoms. The summed E-state index contributed by atoms with van der Waals surface area (Å²) in [5, 5.41) is 1.55. The summed E-state index contributed by atoms with van der Waals surface area (Å²) >= 11 is 0. The lowest BCUT2D eigenvalue weighted by atomic mass is 9.90. The highest BCUT2D eigenvalue weighted by atomic mass is 16.2. The molecule has 1 unspecified atom stereocenters. The van der Waals surface area contributed by atoms with Gasteiger partial charge in [-0.05, 0) is 84.5 Å². The molecule has 0 saturated carbocycles. The van der Waals surface area contributed by atoms with Crippen LogP contribution in [-0.4, -0.2) is 23.3 Å². The molecule has 0 aromatic heterocycles. The van der Waals surface area contributed by atoms with Crippen LogP contribution in [0.3, 0.4) is 0 Å².